The van der Waals surface area contributed by atoms with E-state index in [1.54, 1.807) is 24.3 Å². The number of aromatic nitrogens is 2. The van der Waals surface area contributed by atoms with E-state index in [4.69, 9.17) is 0 Å². The Hall–Kier alpha value is -3.32. The van der Waals surface area contributed by atoms with Gasteiger partial charge in [0.1, 0.15) is 0 Å². The van der Waals surface area contributed by atoms with Gasteiger partial charge in [0.25, 0.3) is 5.91 Å². The van der Waals surface area contributed by atoms with Crippen molar-refractivity contribution in [3.05, 3.63) is 69.8 Å². The number of benzene rings is 2. The number of likely N-dealkylation sites (N-methyl/N-ethyl adjacent to an activating group) is 1. The number of nitrogens with zero attached hydrogens (tertiary/aromatic N) is 5. The number of hydrogen-bond donors (Lipinski definition) is 0. The molecular weight excluding hydrogens is 556 g/mol. The number of alkyl halides is 6. The van der Waals surface area contributed by atoms with Crippen molar-refractivity contribution in [1.29, 1.82) is 0 Å². The Morgan fingerprint density at radius 1 is 1.00 bits per heavy atom. The normalized spacial score (nSPS) is 23.1. The predicted octanol–water partition coefficient (Wildman–Crippen LogP) is 5.87. The summed E-state index contributed by atoms with van der Waals surface area (Å²) in [5.74, 6) is -0.309. The molecule has 0 unspecified atom stereocenters. The van der Waals surface area contributed by atoms with Crippen molar-refractivity contribution in [2.24, 2.45) is 4.99 Å². The van der Waals surface area contributed by atoms with E-state index in [0.29, 0.717) is 39.5 Å². The first-order chi connectivity index (χ1) is 18.9. The summed E-state index contributed by atoms with van der Waals surface area (Å²) in [7, 11) is 2.10. The van der Waals surface area contributed by atoms with E-state index < -0.39 is 23.5 Å². The molecule has 2 bridgehead atoms. The fraction of sp³-hybridized carbons (Fsp3) is 0.370. The van der Waals surface area contributed by atoms with Gasteiger partial charge in [-0.3, -0.25) is 9.48 Å². The average Bonchev–Trinajstić information content (AvgIpc) is 3.51. The summed E-state index contributed by atoms with van der Waals surface area (Å²) < 4.78 is 81.2. The summed E-state index contributed by atoms with van der Waals surface area (Å²) in [5, 5.41) is 5.52. The molecule has 13 heteroatoms. The van der Waals surface area contributed by atoms with Gasteiger partial charge in [-0.2, -0.15) is 36.4 Å². The molecule has 2 atom stereocenters. The van der Waals surface area contributed by atoms with Gasteiger partial charge in [0.15, 0.2) is 5.17 Å². The molecule has 2 saturated heterocycles. The first-order valence-electron chi connectivity index (χ1n) is 12.6. The average molecular weight is 580 g/mol. The van der Waals surface area contributed by atoms with Gasteiger partial charge >= 0.3 is 12.4 Å². The van der Waals surface area contributed by atoms with E-state index in [1.165, 1.54) is 22.6 Å². The second kappa shape index (κ2) is 9.65. The molecule has 0 spiro atoms. The number of likely N-dealkylation sites (tertiary alicyclic amines) is 1. The van der Waals surface area contributed by atoms with E-state index in [1.807, 2.05) is 0 Å². The predicted molar refractivity (Wildman–Crippen MR) is 139 cm³/mol. The maximum atomic E-state index is 13.6. The molecule has 1 aromatic heterocycles. The zero-order chi connectivity index (χ0) is 28.4. The first-order valence-corrected chi connectivity index (χ1v) is 13.4. The maximum absolute atomic E-state index is 13.6. The lowest BCUT2D eigenvalue weighted by Crippen LogP contribution is -2.53. The Bertz CT molecular complexity index is 1540. The van der Waals surface area contributed by atoms with Crippen molar-refractivity contribution in [3.63, 3.8) is 0 Å². The van der Waals surface area contributed by atoms with Crippen LogP contribution in [0.3, 0.4) is 0 Å². The molecule has 0 aliphatic carbocycles. The van der Waals surface area contributed by atoms with Gasteiger partial charge in [0.05, 0.1) is 34.3 Å². The number of carbonyl (C=O) groups is 1. The van der Waals surface area contributed by atoms with Crippen LogP contribution in [-0.4, -0.2) is 62.9 Å². The molecule has 4 heterocycles. The van der Waals surface area contributed by atoms with Crippen LogP contribution in [0.25, 0.3) is 17.0 Å². The number of piperazine rings is 1. The Labute approximate surface area is 229 Å². The van der Waals surface area contributed by atoms with Crippen LogP contribution in [0.4, 0.5) is 26.3 Å². The molecular formula is C27H23F6N5OS. The summed E-state index contributed by atoms with van der Waals surface area (Å²) in [6, 6.07) is 7.43. The molecule has 2 aromatic carbocycles. The standard InChI is InChI=1S/C27H23F6N5OS/c1-36-13-19-5-6-20(14-36)38(19)25-35-24(39)23(40-25)9-15-2-7-22-17(8-15)11-34-37(22)12-16-3-4-18(26(28,29)30)10-21(16)27(31,32)33/h2-4,7-11,19-20H,5-6,12-14H2,1H3/b23-9-/t19-,20+. The second-order valence-electron chi connectivity index (χ2n) is 10.3. The van der Waals surface area contributed by atoms with Gasteiger partial charge in [-0.15, -0.1) is 0 Å². The third-order valence-corrected chi connectivity index (χ3v) is 8.52. The van der Waals surface area contributed by atoms with Crippen LogP contribution in [0, 0.1) is 0 Å². The topological polar surface area (TPSA) is 53.7 Å². The van der Waals surface area contributed by atoms with Crippen molar-refractivity contribution in [3.8, 4) is 0 Å². The van der Waals surface area contributed by atoms with Crippen molar-refractivity contribution in [2.45, 2.75) is 43.8 Å². The largest absolute Gasteiger partial charge is 0.416 e. The number of hydrogen-bond acceptors (Lipinski definition) is 5. The van der Waals surface area contributed by atoms with E-state index >= 15 is 0 Å². The summed E-state index contributed by atoms with van der Waals surface area (Å²) >= 11 is 1.35. The van der Waals surface area contributed by atoms with Gasteiger partial charge in [-0.05, 0) is 73.1 Å². The van der Waals surface area contributed by atoms with E-state index in [9.17, 15) is 31.1 Å². The maximum Gasteiger partial charge on any atom is 0.416 e. The van der Waals surface area contributed by atoms with Crippen LogP contribution in [0.15, 0.2) is 52.5 Å². The third kappa shape index (κ3) is 5.00. The molecule has 0 saturated carbocycles. The zero-order valence-electron chi connectivity index (χ0n) is 21.1. The number of rotatable bonds is 3. The quantitative estimate of drug-likeness (QED) is 0.287. The molecule has 210 valence electrons. The van der Waals surface area contributed by atoms with E-state index in [0.717, 1.165) is 37.2 Å². The Kier molecular flexibility index (Phi) is 6.49. The lowest BCUT2D eigenvalue weighted by atomic mass is 10.0. The third-order valence-electron chi connectivity index (χ3n) is 7.52. The van der Waals surface area contributed by atoms with E-state index in [2.05, 4.69) is 26.9 Å². The molecule has 1 amide bonds. The molecule has 6 rings (SSSR count). The number of thioether (sulfide) groups is 1. The van der Waals surface area contributed by atoms with Crippen LogP contribution < -0.4 is 0 Å². The summed E-state index contributed by atoms with van der Waals surface area (Å²) in [4.78, 5) is 22.1. The molecule has 3 aliphatic heterocycles. The number of amides is 1. The van der Waals surface area contributed by atoms with Gasteiger partial charge < -0.3 is 9.80 Å². The number of amidine groups is 1. The number of aliphatic imine (C=N–C) groups is 1. The summed E-state index contributed by atoms with van der Waals surface area (Å²) in [5.41, 5.74) is -1.84. The Morgan fingerprint density at radius 3 is 2.40 bits per heavy atom. The molecule has 40 heavy (non-hydrogen) atoms. The van der Waals surface area contributed by atoms with E-state index in [-0.39, 0.29) is 24.1 Å². The highest BCUT2D eigenvalue weighted by Crippen LogP contribution is 2.39. The minimum absolute atomic E-state index is 0.130. The molecule has 3 aliphatic rings. The van der Waals surface area contributed by atoms with Gasteiger partial charge in [-0.1, -0.05) is 12.1 Å². The highest BCUT2D eigenvalue weighted by Gasteiger charge is 2.43. The van der Waals surface area contributed by atoms with Gasteiger partial charge in [0, 0.05) is 30.6 Å². The molecule has 2 fully saturated rings. The van der Waals surface area contributed by atoms with Crippen LogP contribution in [0.5, 0.6) is 0 Å². The SMILES string of the molecule is CN1C[C@H]2CC[C@@H](C1)N2C1=NC(=O)/C(=C/c2ccc3c(cnn3Cc3ccc(C(F)(F)F)cc3C(F)(F)F)c2)S1. The molecule has 3 aromatic rings. The van der Waals surface area contributed by atoms with Gasteiger partial charge in [0.2, 0.25) is 0 Å². The highest BCUT2D eigenvalue weighted by atomic mass is 32.2. The lowest BCUT2D eigenvalue weighted by molar-refractivity contribution is -0.143. The fourth-order valence-corrected chi connectivity index (χ4v) is 6.78. The van der Waals surface area contributed by atoms with Crippen molar-refractivity contribution in [1.82, 2.24) is 19.6 Å². The van der Waals surface area contributed by atoms with Crippen LogP contribution in [-0.2, 0) is 23.7 Å². The first kappa shape index (κ1) is 26.9. The highest BCUT2D eigenvalue weighted by molar-refractivity contribution is 8.18. The van der Waals surface area contributed by atoms with Crippen LogP contribution in [0.2, 0.25) is 0 Å². The lowest BCUT2D eigenvalue weighted by Gasteiger charge is -2.40. The molecule has 6 nitrogen and oxygen atoms in total. The Balaban J connectivity index is 1.23. The Morgan fingerprint density at radius 2 is 1.73 bits per heavy atom. The number of fused-ring (bicyclic) bond motifs is 3. The van der Waals surface area contributed by atoms with Crippen LogP contribution in [0.1, 0.15) is 35.1 Å². The van der Waals surface area contributed by atoms with Crippen molar-refractivity contribution in [2.75, 3.05) is 20.1 Å². The van der Waals surface area contributed by atoms with Crippen molar-refractivity contribution >= 4 is 39.8 Å². The zero-order valence-corrected chi connectivity index (χ0v) is 21.9. The minimum Gasteiger partial charge on any atom is -0.342 e. The molecule has 0 radical (unpaired) electrons. The smallest absolute Gasteiger partial charge is 0.342 e. The van der Waals surface area contributed by atoms with Gasteiger partial charge in [-0.25, -0.2) is 0 Å². The fourth-order valence-electron chi connectivity index (χ4n) is 5.72. The summed E-state index contributed by atoms with van der Waals surface area (Å²) in [6.45, 7) is 1.50. The van der Waals surface area contributed by atoms with Crippen molar-refractivity contribution < 1.29 is 31.1 Å². The number of carbonyl (C=O) groups excluding carboxylic acids is 1. The summed E-state index contributed by atoms with van der Waals surface area (Å²) in [6.07, 6.45) is -4.51. The minimum atomic E-state index is -4.96. The molecule has 0 N–H and O–H groups in total. The second-order valence-corrected chi connectivity index (χ2v) is 11.3. The monoisotopic (exact) mass is 579 g/mol. The number of halogens is 6. The van der Waals surface area contributed by atoms with Crippen LogP contribution >= 0.6 is 11.8 Å².